The highest BCUT2D eigenvalue weighted by atomic mass is 32.1. The molecule has 0 aliphatic carbocycles. The lowest BCUT2D eigenvalue weighted by Crippen LogP contribution is -2.17. The molecule has 24 heavy (non-hydrogen) atoms. The molecule has 0 aliphatic heterocycles. The molecule has 118 valence electrons. The largest absolute Gasteiger partial charge is 0.345 e. The zero-order valence-electron chi connectivity index (χ0n) is 12.5. The first-order valence-electron chi connectivity index (χ1n) is 7.12. The fourth-order valence-electron chi connectivity index (χ4n) is 1.95. The van der Waals surface area contributed by atoms with Crippen LogP contribution in [0.1, 0.15) is 11.4 Å². The minimum atomic E-state index is 0.523. The van der Waals surface area contributed by atoms with Crippen LogP contribution in [-0.2, 0) is 0 Å². The van der Waals surface area contributed by atoms with Crippen molar-refractivity contribution in [3.05, 3.63) is 78.6 Å². The van der Waals surface area contributed by atoms with Crippen LogP contribution < -0.4 is 10.6 Å². The van der Waals surface area contributed by atoms with Gasteiger partial charge >= 0.3 is 0 Å². The standard InChI is InChI=1S/C17H13N5S2/c23-16(20-12-4-8-18-9-5-12)14-2-1-3-15(22-14)17(24)21-13-6-10-19-11-7-13/h1-11H,(H,18,20,23)(H,19,21,24). The van der Waals surface area contributed by atoms with Gasteiger partial charge in [-0.1, -0.05) is 30.5 Å². The minimum Gasteiger partial charge on any atom is -0.345 e. The molecule has 7 heteroatoms. The normalized spacial score (nSPS) is 10.0. The number of anilines is 2. The van der Waals surface area contributed by atoms with Crippen LogP contribution in [0, 0.1) is 0 Å². The number of hydrogen-bond acceptors (Lipinski definition) is 5. The van der Waals surface area contributed by atoms with E-state index in [4.69, 9.17) is 24.4 Å². The van der Waals surface area contributed by atoms with Crippen molar-refractivity contribution in [2.45, 2.75) is 0 Å². The summed E-state index contributed by atoms with van der Waals surface area (Å²) in [6.07, 6.45) is 6.79. The van der Waals surface area contributed by atoms with Crippen molar-refractivity contribution >= 4 is 45.8 Å². The molecular weight excluding hydrogens is 338 g/mol. The minimum absolute atomic E-state index is 0.523. The van der Waals surface area contributed by atoms with Crippen molar-refractivity contribution in [1.29, 1.82) is 0 Å². The second kappa shape index (κ2) is 7.67. The van der Waals surface area contributed by atoms with Crippen molar-refractivity contribution < 1.29 is 0 Å². The van der Waals surface area contributed by atoms with Gasteiger partial charge in [-0.05, 0) is 36.4 Å². The van der Waals surface area contributed by atoms with Gasteiger partial charge in [0.1, 0.15) is 9.98 Å². The van der Waals surface area contributed by atoms with Gasteiger partial charge in [-0.3, -0.25) is 9.97 Å². The van der Waals surface area contributed by atoms with E-state index in [1.54, 1.807) is 24.8 Å². The summed E-state index contributed by atoms with van der Waals surface area (Å²) >= 11 is 10.8. The second-order valence-electron chi connectivity index (χ2n) is 4.79. The number of hydrogen-bond donors (Lipinski definition) is 2. The van der Waals surface area contributed by atoms with Gasteiger partial charge in [0.25, 0.3) is 0 Å². The maximum absolute atomic E-state index is 5.41. The van der Waals surface area contributed by atoms with E-state index in [2.05, 4.69) is 25.6 Å². The third kappa shape index (κ3) is 4.15. The smallest absolute Gasteiger partial charge is 0.129 e. The molecule has 3 aromatic heterocycles. The predicted octanol–water partition coefficient (Wildman–Crippen LogP) is 3.45. The van der Waals surface area contributed by atoms with Crippen molar-refractivity contribution in [2.24, 2.45) is 0 Å². The van der Waals surface area contributed by atoms with Crippen molar-refractivity contribution in [3.63, 3.8) is 0 Å². The number of pyridine rings is 3. The molecule has 0 saturated carbocycles. The molecule has 0 atom stereocenters. The summed E-state index contributed by atoms with van der Waals surface area (Å²) in [7, 11) is 0. The Labute approximate surface area is 150 Å². The van der Waals surface area contributed by atoms with Crippen molar-refractivity contribution in [2.75, 3.05) is 10.6 Å². The SMILES string of the molecule is S=C(Nc1ccncc1)c1cccc(C(=S)Nc2ccncc2)n1. The first-order chi connectivity index (χ1) is 11.7. The highest BCUT2D eigenvalue weighted by Gasteiger charge is 2.08. The number of nitrogens with one attached hydrogen (secondary N) is 2. The lowest BCUT2D eigenvalue weighted by atomic mass is 10.2. The van der Waals surface area contributed by atoms with Crippen LogP contribution in [0.5, 0.6) is 0 Å². The van der Waals surface area contributed by atoms with E-state index in [0.29, 0.717) is 21.4 Å². The van der Waals surface area contributed by atoms with Gasteiger partial charge in [-0.2, -0.15) is 0 Å². The lowest BCUT2D eigenvalue weighted by Gasteiger charge is -2.10. The fourth-order valence-corrected chi connectivity index (χ4v) is 2.41. The number of rotatable bonds is 4. The van der Waals surface area contributed by atoms with Gasteiger partial charge in [-0.15, -0.1) is 0 Å². The first-order valence-corrected chi connectivity index (χ1v) is 7.94. The summed E-state index contributed by atoms with van der Waals surface area (Å²) in [5.41, 5.74) is 3.02. The molecule has 5 nitrogen and oxygen atoms in total. The molecule has 0 unspecified atom stereocenters. The summed E-state index contributed by atoms with van der Waals surface area (Å²) in [4.78, 5) is 13.5. The third-order valence-electron chi connectivity index (χ3n) is 3.09. The van der Waals surface area contributed by atoms with Gasteiger partial charge in [0.15, 0.2) is 0 Å². The van der Waals surface area contributed by atoms with Crippen LogP contribution in [0.25, 0.3) is 0 Å². The quantitative estimate of drug-likeness (QED) is 0.698. The lowest BCUT2D eigenvalue weighted by molar-refractivity contribution is 1.26. The average molecular weight is 351 g/mol. The van der Waals surface area contributed by atoms with Crippen LogP contribution in [0.3, 0.4) is 0 Å². The molecule has 0 amide bonds. The van der Waals surface area contributed by atoms with Gasteiger partial charge in [0, 0.05) is 36.2 Å². The van der Waals surface area contributed by atoms with Gasteiger partial charge in [-0.25, -0.2) is 4.98 Å². The summed E-state index contributed by atoms with van der Waals surface area (Å²) in [5.74, 6) is 0. The third-order valence-corrected chi connectivity index (χ3v) is 3.71. The van der Waals surface area contributed by atoms with E-state index in [0.717, 1.165) is 11.4 Å². The van der Waals surface area contributed by atoms with E-state index < -0.39 is 0 Å². The molecule has 3 heterocycles. The Bertz CT molecular complexity index is 784. The van der Waals surface area contributed by atoms with Gasteiger partial charge in [0.2, 0.25) is 0 Å². The summed E-state index contributed by atoms with van der Waals surface area (Å²) in [6, 6.07) is 12.9. The highest BCUT2D eigenvalue weighted by molar-refractivity contribution is 7.81. The molecule has 0 radical (unpaired) electrons. The Morgan fingerprint density at radius 3 is 1.50 bits per heavy atom. The van der Waals surface area contributed by atoms with E-state index in [-0.39, 0.29) is 0 Å². The zero-order chi connectivity index (χ0) is 16.8. The Kier molecular flexibility index (Phi) is 5.15. The fraction of sp³-hybridized carbons (Fsp3) is 0. The molecular formula is C17H13N5S2. The molecule has 3 rings (SSSR count). The van der Waals surface area contributed by atoms with Crippen LogP contribution in [0.4, 0.5) is 11.4 Å². The molecule has 2 N–H and O–H groups in total. The number of thiocarbonyl (C=S) groups is 2. The Morgan fingerprint density at radius 1 is 0.667 bits per heavy atom. The zero-order valence-corrected chi connectivity index (χ0v) is 14.1. The van der Waals surface area contributed by atoms with Crippen LogP contribution in [0.2, 0.25) is 0 Å². The molecule has 0 bridgehead atoms. The molecule has 0 aliphatic rings. The van der Waals surface area contributed by atoms with E-state index in [9.17, 15) is 0 Å². The van der Waals surface area contributed by atoms with Crippen molar-refractivity contribution in [3.8, 4) is 0 Å². The summed E-state index contributed by atoms with van der Waals surface area (Å²) in [5, 5.41) is 6.26. The molecule has 0 spiro atoms. The topological polar surface area (TPSA) is 62.7 Å². The average Bonchev–Trinajstić information content (AvgIpc) is 2.63. The van der Waals surface area contributed by atoms with E-state index in [1.807, 2.05) is 42.5 Å². The van der Waals surface area contributed by atoms with Crippen LogP contribution in [-0.4, -0.2) is 24.9 Å². The maximum atomic E-state index is 5.41. The molecule has 0 saturated heterocycles. The van der Waals surface area contributed by atoms with E-state index in [1.165, 1.54) is 0 Å². The highest BCUT2D eigenvalue weighted by Crippen LogP contribution is 2.10. The maximum Gasteiger partial charge on any atom is 0.129 e. The predicted molar refractivity (Wildman–Crippen MR) is 103 cm³/mol. The van der Waals surface area contributed by atoms with Gasteiger partial charge in [0.05, 0.1) is 11.4 Å². The first kappa shape index (κ1) is 16.1. The Morgan fingerprint density at radius 2 is 1.08 bits per heavy atom. The molecule has 3 aromatic rings. The monoisotopic (exact) mass is 351 g/mol. The summed E-state index contributed by atoms with van der Waals surface area (Å²) < 4.78 is 0. The number of nitrogens with zero attached hydrogens (tertiary/aromatic N) is 3. The molecule has 0 fully saturated rings. The van der Waals surface area contributed by atoms with Crippen molar-refractivity contribution in [1.82, 2.24) is 15.0 Å². The van der Waals surface area contributed by atoms with Crippen LogP contribution >= 0.6 is 24.4 Å². The van der Waals surface area contributed by atoms with Crippen LogP contribution in [0.15, 0.2) is 67.3 Å². The summed E-state index contributed by atoms with van der Waals surface area (Å²) in [6.45, 7) is 0. The Balaban J connectivity index is 1.74. The molecule has 0 aromatic carbocycles. The van der Waals surface area contributed by atoms with Gasteiger partial charge < -0.3 is 10.6 Å². The Hall–Kier alpha value is -2.77. The second-order valence-corrected chi connectivity index (χ2v) is 5.60. The number of aromatic nitrogens is 3. The van der Waals surface area contributed by atoms with E-state index >= 15 is 0 Å².